The van der Waals surface area contributed by atoms with Crippen LogP contribution in [0.5, 0.6) is 5.75 Å². The third kappa shape index (κ3) is 1.95. The summed E-state index contributed by atoms with van der Waals surface area (Å²) in [4.78, 5) is 0. The molecule has 2 fully saturated rings. The summed E-state index contributed by atoms with van der Waals surface area (Å²) >= 11 is 0. The minimum absolute atomic E-state index is 0.0468. The molecular weight excluding hydrogens is 212 g/mol. The number of rotatable bonds is 4. The Balaban J connectivity index is 1.86. The maximum atomic E-state index is 10.7. The van der Waals surface area contributed by atoms with Crippen LogP contribution in [0.4, 0.5) is 0 Å². The highest BCUT2D eigenvalue weighted by molar-refractivity contribution is 5.34. The molecular formula is C15H20O2. The molecule has 17 heavy (non-hydrogen) atoms. The molecule has 0 radical (unpaired) electrons. The fourth-order valence-electron chi connectivity index (χ4n) is 2.27. The third-order valence-electron chi connectivity index (χ3n) is 4.40. The molecule has 1 N–H and O–H groups in total. The predicted octanol–water partition coefficient (Wildman–Crippen LogP) is 3.24. The van der Waals surface area contributed by atoms with E-state index in [4.69, 9.17) is 4.74 Å². The van der Waals surface area contributed by atoms with Gasteiger partial charge in [-0.3, -0.25) is 0 Å². The lowest BCUT2D eigenvalue weighted by atomic mass is 9.81. The van der Waals surface area contributed by atoms with Gasteiger partial charge in [0.1, 0.15) is 5.75 Å². The van der Waals surface area contributed by atoms with Gasteiger partial charge in [0.15, 0.2) is 0 Å². The Morgan fingerprint density at radius 1 is 1.35 bits per heavy atom. The molecule has 3 rings (SSSR count). The summed E-state index contributed by atoms with van der Waals surface area (Å²) in [5.41, 5.74) is 0.289. The number of aliphatic hydroxyl groups is 1. The Morgan fingerprint density at radius 2 is 2.06 bits per heavy atom. The van der Waals surface area contributed by atoms with Crippen LogP contribution in [0, 0.1) is 5.41 Å². The van der Waals surface area contributed by atoms with Gasteiger partial charge in [-0.2, -0.15) is 0 Å². The maximum absolute atomic E-state index is 10.7. The van der Waals surface area contributed by atoms with Gasteiger partial charge in [0.25, 0.3) is 0 Å². The minimum Gasteiger partial charge on any atom is -0.490 e. The highest BCUT2D eigenvalue weighted by Crippen LogP contribution is 2.57. The van der Waals surface area contributed by atoms with E-state index in [0.29, 0.717) is 6.10 Å². The van der Waals surface area contributed by atoms with Crippen LogP contribution in [-0.2, 0) is 5.60 Å². The van der Waals surface area contributed by atoms with Gasteiger partial charge in [-0.25, -0.2) is 0 Å². The van der Waals surface area contributed by atoms with Crippen molar-refractivity contribution in [2.45, 2.75) is 51.2 Å². The van der Waals surface area contributed by atoms with Gasteiger partial charge in [0, 0.05) is 5.41 Å². The summed E-state index contributed by atoms with van der Waals surface area (Å²) in [7, 11) is 0. The molecule has 1 aromatic carbocycles. The third-order valence-corrected chi connectivity index (χ3v) is 4.40. The Kier molecular flexibility index (Phi) is 2.27. The molecule has 0 spiro atoms. The van der Waals surface area contributed by atoms with E-state index in [9.17, 15) is 5.11 Å². The van der Waals surface area contributed by atoms with E-state index in [-0.39, 0.29) is 5.41 Å². The van der Waals surface area contributed by atoms with Crippen molar-refractivity contribution >= 4 is 0 Å². The molecule has 0 amide bonds. The van der Waals surface area contributed by atoms with Crippen LogP contribution < -0.4 is 4.74 Å². The lowest BCUT2D eigenvalue weighted by Crippen LogP contribution is -2.31. The first-order valence-electron chi connectivity index (χ1n) is 6.51. The van der Waals surface area contributed by atoms with Gasteiger partial charge < -0.3 is 9.84 Å². The van der Waals surface area contributed by atoms with Crippen LogP contribution in [0.1, 0.15) is 45.1 Å². The van der Waals surface area contributed by atoms with Crippen LogP contribution in [0.2, 0.25) is 0 Å². The number of hydrogen-bond donors (Lipinski definition) is 1. The summed E-state index contributed by atoms with van der Waals surface area (Å²) < 4.78 is 5.78. The molecule has 1 atom stereocenters. The van der Waals surface area contributed by atoms with Crippen molar-refractivity contribution in [3.63, 3.8) is 0 Å². The Labute approximate surface area is 103 Å². The van der Waals surface area contributed by atoms with Gasteiger partial charge in [0.05, 0.1) is 11.7 Å². The largest absolute Gasteiger partial charge is 0.490 e. The fourth-order valence-corrected chi connectivity index (χ4v) is 2.27. The monoisotopic (exact) mass is 232 g/mol. The molecule has 1 aromatic rings. The van der Waals surface area contributed by atoms with Crippen molar-refractivity contribution in [2.75, 3.05) is 0 Å². The van der Waals surface area contributed by atoms with Crippen LogP contribution in [0.25, 0.3) is 0 Å². The second-order valence-electron chi connectivity index (χ2n) is 5.98. The van der Waals surface area contributed by atoms with Crippen molar-refractivity contribution in [1.82, 2.24) is 0 Å². The molecule has 0 saturated heterocycles. The summed E-state index contributed by atoms with van der Waals surface area (Å²) in [5.74, 6) is 0.898. The van der Waals surface area contributed by atoms with Crippen LogP contribution in [0.15, 0.2) is 24.3 Å². The first-order valence-corrected chi connectivity index (χ1v) is 6.51. The molecule has 1 unspecified atom stereocenters. The van der Waals surface area contributed by atoms with E-state index in [2.05, 4.69) is 6.92 Å². The van der Waals surface area contributed by atoms with Crippen molar-refractivity contribution in [1.29, 1.82) is 0 Å². The Bertz CT molecular complexity index is 428. The van der Waals surface area contributed by atoms with Crippen LogP contribution in [0.3, 0.4) is 0 Å². The molecule has 0 bridgehead atoms. The van der Waals surface area contributed by atoms with E-state index in [0.717, 1.165) is 24.2 Å². The van der Waals surface area contributed by atoms with Crippen molar-refractivity contribution in [3.05, 3.63) is 29.8 Å². The quantitative estimate of drug-likeness (QED) is 0.863. The molecule has 2 saturated carbocycles. The Morgan fingerprint density at radius 3 is 2.65 bits per heavy atom. The highest BCUT2D eigenvalue weighted by atomic mass is 16.5. The average molecular weight is 232 g/mol. The van der Waals surface area contributed by atoms with E-state index in [1.807, 2.05) is 31.2 Å². The van der Waals surface area contributed by atoms with Crippen LogP contribution >= 0.6 is 0 Å². The molecule has 0 aromatic heterocycles. The molecule has 2 aliphatic rings. The fraction of sp³-hybridized carbons (Fsp3) is 0.600. The van der Waals surface area contributed by atoms with Gasteiger partial charge in [0.2, 0.25) is 0 Å². The zero-order chi connectivity index (χ0) is 12.1. The molecule has 2 aliphatic carbocycles. The molecule has 2 nitrogen and oxygen atoms in total. The van der Waals surface area contributed by atoms with Gasteiger partial charge in [-0.1, -0.05) is 19.1 Å². The standard InChI is InChI=1S/C15H20O2/c1-14(8-9-14)15(2,16)11-4-3-5-13(10-11)17-12-6-7-12/h3-5,10,12,16H,6-9H2,1-2H3. The number of ether oxygens (including phenoxy) is 1. The van der Waals surface area contributed by atoms with Crippen molar-refractivity contribution in [2.24, 2.45) is 5.41 Å². The second kappa shape index (κ2) is 3.49. The van der Waals surface area contributed by atoms with Crippen molar-refractivity contribution in [3.8, 4) is 5.75 Å². The zero-order valence-corrected chi connectivity index (χ0v) is 10.6. The van der Waals surface area contributed by atoms with Gasteiger partial charge in [-0.05, 0) is 50.3 Å². The topological polar surface area (TPSA) is 29.5 Å². The second-order valence-corrected chi connectivity index (χ2v) is 5.98. The smallest absolute Gasteiger partial charge is 0.120 e. The Hall–Kier alpha value is -1.02. The van der Waals surface area contributed by atoms with E-state index in [1.54, 1.807) is 0 Å². The first kappa shape index (κ1) is 11.1. The van der Waals surface area contributed by atoms with E-state index >= 15 is 0 Å². The first-order chi connectivity index (χ1) is 8.01. The highest BCUT2D eigenvalue weighted by Gasteiger charge is 2.53. The zero-order valence-electron chi connectivity index (χ0n) is 10.6. The lowest BCUT2D eigenvalue weighted by Gasteiger charge is -2.31. The summed E-state index contributed by atoms with van der Waals surface area (Å²) in [6, 6.07) is 7.96. The maximum Gasteiger partial charge on any atom is 0.120 e. The van der Waals surface area contributed by atoms with Gasteiger partial charge in [-0.15, -0.1) is 0 Å². The average Bonchev–Trinajstić information content (AvgIpc) is 3.18. The van der Waals surface area contributed by atoms with Gasteiger partial charge >= 0.3 is 0 Å². The number of hydrogen-bond acceptors (Lipinski definition) is 2. The van der Waals surface area contributed by atoms with Crippen molar-refractivity contribution < 1.29 is 9.84 Å². The summed E-state index contributed by atoms with van der Waals surface area (Å²) in [6.07, 6.45) is 4.95. The molecule has 0 aliphatic heterocycles. The molecule has 0 heterocycles. The van der Waals surface area contributed by atoms with E-state index < -0.39 is 5.60 Å². The summed E-state index contributed by atoms with van der Waals surface area (Å²) in [6.45, 7) is 4.08. The minimum atomic E-state index is -0.740. The molecule has 2 heteroatoms. The van der Waals surface area contributed by atoms with Crippen LogP contribution in [-0.4, -0.2) is 11.2 Å². The SMILES string of the molecule is CC1(C(C)(O)c2cccc(OC3CC3)c2)CC1. The predicted molar refractivity (Wildman–Crippen MR) is 67.0 cm³/mol. The molecule has 92 valence electrons. The van der Waals surface area contributed by atoms with E-state index in [1.165, 1.54) is 12.8 Å². The lowest BCUT2D eigenvalue weighted by molar-refractivity contribution is -0.0128. The normalized spacial score (nSPS) is 25.1. The summed E-state index contributed by atoms with van der Waals surface area (Å²) in [5, 5.41) is 10.7. The number of benzene rings is 1.